The van der Waals surface area contributed by atoms with Gasteiger partial charge >= 0.3 is 0 Å². The Morgan fingerprint density at radius 2 is 2.11 bits per heavy atom. The molecule has 0 fully saturated rings. The van der Waals surface area contributed by atoms with Gasteiger partial charge in [-0.3, -0.25) is 0 Å². The lowest BCUT2D eigenvalue weighted by molar-refractivity contribution is 0.0902. The highest BCUT2D eigenvalue weighted by molar-refractivity contribution is 6.76. The van der Waals surface area contributed by atoms with Crippen molar-refractivity contribution in [3.63, 3.8) is 0 Å². The number of hydrogen-bond acceptors (Lipinski definition) is 2. The topological polar surface area (TPSA) is 27.1 Å². The minimum Gasteiger partial charge on any atom is -0.361 e. The summed E-state index contributed by atoms with van der Waals surface area (Å²) in [5.41, 5.74) is 0.951. The normalized spacial score (nSPS) is 12.2. The van der Waals surface area contributed by atoms with Gasteiger partial charge in [0.05, 0.1) is 5.52 Å². The largest absolute Gasteiger partial charge is 0.361 e. The predicted octanol–water partition coefficient (Wildman–Crippen LogP) is 4.00. The molecule has 0 radical (unpaired) electrons. The van der Waals surface area contributed by atoms with Crippen LogP contribution in [0.15, 0.2) is 24.5 Å². The number of ether oxygens (including phenoxy) is 1. The van der Waals surface area contributed by atoms with Crippen molar-refractivity contribution in [2.24, 2.45) is 0 Å². The molecule has 2 aromatic rings. The number of halogens is 1. The lowest BCUT2D eigenvalue weighted by Crippen LogP contribution is -2.21. The second-order valence-electron chi connectivity index (χ2n) is 5.67. The summed E-state index contributed by atoms with van der Waals surface area (Å²) in [7, 11) is -1.02. The molecule has 0 saturated carbocycles. The monoisotopic (exact) mass is 282 g/mol. The summed E-state index contributed by atoms with van der Waals surface area (Å²) in [5.74, 6) is 0. The van der Waals surface area contributed by atoms with Crippen LogP contribution in [0.3, 0.4) is 0 Å². The Labute approximate surface area is 114 Å². The Kier molecular flexibility index (Phi) is 4.09. The number of aromatic nitrogens is 2. The molecule has 3 nitrogen and oxygen atoms in total. The van der Waals surface area contributed by atoms with E-state index < -0.39 is 8.07 Å². The van der Waals surface area contributed by atoms with Crippen LogP contribution in [0.2, 0.25) is 30.8 Å². The van der Waals surface area contributed by atoms with Gasteiger partial charge in [0.25, 0.3) is 0 Å². The van der Waals surface area contributed by atoms with E-state index in [-0.39, 0.29) is 0 Å². The van der Waals surface area contributed by atoms with Gasteiger partial charge in [-0.05, 0) is 18.2 Å². The average molecular weight is 283 g/mol. The summed E-state index contributed by atoms with van der Waals surface area (Å²) in [4.78, 5) is 4.10. The predicted molar refractivity (Wildman–Crippen MR) is 78.8 cm³/mol. The summed E-state index contributed by atoms with van der Waals surface area (Å²) in [5, 5.41) is 1.63. The Balaban J connectivity index is 2.00. The maximum atomic E-state index is 6.11. The summed E-state index contributed by atoms with van der Waals surface area (Å²) >= 11 is 6.11. The van der Waals surface area contributed by atoms with E-state index in [2.05, 4.69) is 24.6 Å². The van der Waals surface area contributed by atoms with Gasteiger partial charge in [-0.2, -0.15) is 0 Å². The zero-order valence-electron chi connectivity index (χ0n) is 11.1. The SMILES string of the molecule is C[Si](C)(C)CCOCn1ccc2ccnc(Cl)c21. The molecule has 18 heavy (non-hydrogen) atoms. The molecule has 0 atom stereocenters. The molecule has 5 heteroatoms. The Morgan fingerprint density at radius 3 is 2.83 bits per heavy atom. The van der Waals surface area contributed by atoms with E-state index in [0.29, 0.717) is 11.9 Å². The molecule has 98 valence electrons. The summed E-state index contributed by atoms with van der Waals surface area (Å²) < 4.78 is 7.74. The van der Waals surface area contributed by atoms with E-state index in [1.165, 1.54) is 6.04 Å². The van der Waals surface area contributed by atoms with Crippen LogP contribution >= 0.6 is 11.6 Å². The number of hydrogen-bond donors (Lipinski definition) is 0. The first kappa shape index (κ1) is 13.6. The highest BCUT2D eigenvalue weighted by Gasteiger charge is 2.12. The van der Waals surface area contributed by atoms with E-state index in [1.807, 2.05) is 22.9 Å². The third-order valence-electron chi connectivity index (χ3n) is 2.86. The molecule has 0 bridgehead atoms. The first-order valence-electron chi connectivity index (χ1n) is 6.14. The number of fused-ring (bicyclic) bond motifs is 1. The number of pyridine rings is 1. The van der Waals surface area contributed by atoms with E-state index in [0.717, 1.165) is 17.5 Å². The highest BCUT2D eigenvalue weighted by Crippen LogP contribution is 2.22. The smallest absolute Gasteiger partial charge is 0.153 e. The second kappa shape index (κ2) is 5.43. The Hall–Kier alpha value is -0.843. The maximum absolute atomic E-state index is 6.11. The summed E-state index contributed by atoms with van der Waals surface area (Å²) in [6, 6.07) is 5.17. The lowest BCUT2D eigenvalue weighted by Gasteiger charge is -2.15. The zero-order valence-corrected chi connectivity index (χ0v) is 12.9. The maximum Gasteiger partial charge on any atom is 0.153 e. The first-order chi connectivity index (χ1) is 8.47. The van der Waals surface area contributed by atoms with Crippen LogP contribution in [-0.4, -0.2) is 24.2 Å². The standard InChI is InChI=1S/C13H19ClN2OSi/c1-18(2,3)9-8-17-10-16-7-5-11-4-6-15-13(14)12(11)16/h4-7H,8-10H2,1-3H3. The number of rotatable bonds is 5. The molecule has 2 rings (SSSR count). The van der Waals surface area contributed by atoms with Crippen molar-refractivity contribution < 1.29 is 4.74 Å². The van der Waals surface area contributed by atoms with Gasteiger partial charge in [-0.1, -0.05) is 31.2 Å². The molecule has 0 saturated heterocycles. The summed E-state index contributed by atoms with van der Waals surface area (Å²) in [6.45, 7) is 8.40. The van der Waals surface area contributed by atoms with Crippen molar-refractivity contribution in [1.29, 1.82) is 0 Å². The van der Waals surface area contributed by atoms with Crippen molar-refractivity contribution >= 4 is 30.6 Å². The third-order valence-corrected chi connectivity index (χ3v) is 4.84. The molecule has 0 amide bonds. The molecule has 0 aliphatic heterocycles. The molecule has 0 aromatic carbocycles. The zero-order chi connectivity index (χ0) is 13.2. The molecule has 0 spiro atoms. The van der Waals surface area contributed by atoms with Crippen molar-refractivity contribution in [2.75, 3.05) is 6.61 Å². The number of nitrogens with zero attached hydrogens (tertiary/aromatic N) is 2. The quantitative estimate of drug-likeness (QED) is 0.471. The minimum absolute atomic E-state index is 0.534. The first-order valence-corrected chi connectivity index (χ1v) is 10.2. The second-order valence-corrected chi connectivity index (χ2v) is 11.7. The fourth-order valence-corrected chi connectivity index (χ4v) is 2.79. The fourth-order valence-electron chi connectivity index (χ4n) is 1.75. The van der Waals surface area contributed by atoms with Gasteiger partial charge < -0.3 is 9.30 Å². The van der Waals surface area contributed by atoms with Crippen LogP contribution in [0.4, 0.5) is 0 Å². The van der Waals surface area contributed by atoms with Gasteiger partial charge in [0.1, 0.15) is 6.73 Å². The van der Waals surface area contributed by atoms with Gasteiger partial charge in [0, 0.05) is 32.5 Å². The Morgan fingerprint density at radius 1 is 1.33 bits per heavy atom. The lowest BCUT2D eigenvalue weighted by atomic mass is 10.3. The van der Waals surface area contributed by atoms with Crippen LogP contribution in [0.25, 0.3) is 10.9 Å². The van der Waals surface area contributed by atoms with Crippen molar-refractivity contribution in [3.8, 4) is 0 Å². The highest BCUT2D eigenvalue weighted by atomic mass is 35.5. The fraction of sp³-hybridized carbons (Fsp3) is 0.462. The molecule has 0 aliphatic rings. The minimum atomic E-state index is -1.02. The van der Waals surface area contributed by atoms with Gasteiger partial charge in [-0.15, -0.1) is 0 Å². The molecule has 2 aromatic heterocycles. The Bertz CT molecular complexity index is 533. The van der Waals surface area contributed by atoms with Crippen molar-refractivity contribution in [1.82, 2.24) is 9.55 Å². The van der Waals surface area contributed by atoms with E-state index in [9.17, 15) is 0 Å². The van der Waals surface area contributed by atoms with Gasteiger partial charge in [0.2, 0.25) is 0 Å². The third kappa shape index (κ3) is 3.34. The van der Waals surface area contributed by atoms with E-state index in [1.54, 1.807) is 6.20 Å². The molecular weight excluding hydrogens is 264 g/mol. The van der Waals surface area contributed by atoms with Crippen LogP contribution in [-0.2, 0) is 11.5 Å². The molecule has 2 heterocycles. The van der Waals surface area contributed by atoms with E-state index in [4.69, 9.17) is 16.3 Å². The van der Waals surface area contributed by atoms with Crippen molar-refractivity contribution in [3.05, 3.63) is 29.7 Å². The van der Waals surface area contributed by atoms with Crippen LogP contribution < -0.4 is 0 Å². The van der Waals surface area contributed by atoms with Crippen LogP contribution in [0.1, 0.15) is 0 Å². The molecular formula is C13H19ClN2OSi. The van der Waals surface area contributed by atoms with E-state index >= 15 is 0 Å². The molecule has 0 N–H and O–H groups in total. The molecule has 0 aliphatic carbocycles. The van der Waals surface area contributed by atoms with Crippen LogP contribution in [0.5, 0.6) is 0 Å². The van der Waals surface area contributed by atoms with Crippen molar-refractivity contribution in [2.45, 2.75) is 32.4 Å². The van der Waals surface area contributed by atoms with Gasteiger partial charge in [0.15, 0.2) is 5.15 Å². The van der Waals surface area contributed by atoms with Gasteiger partial charge in [-0.25, -0.2) is 4.98 Å². The van der Waals surface area contributed by atoms with Crippen LogP contribution in [0, 0.1) is 0 Å². The average Bonchev–Trinajstić information content (AvgIpc) is 2.68. The summed E-state index contributed by atoms with van der Waals surface area (Å²) in [6.07, 6.45) is 3.72. The molecule has 0 unspecified atom stereocenters.